The number of hydrogen-bond donors (Lipinski definition) is 1. The molecule has 1 aromatic carbocycles. The molecule has 31 heavy (non-hydrogen) atoms. The fraction of sp³-hybridized carbons (Fsp3) is 0.455. The summed E-state index contributed by atoms with van der Waals surface area (Å²) in [5.41, 5.74) is 2.12. The van der Waals surface area contributed by atoms with Crippen LogP contribution in [0.3, 0.4) is 0 Å². The molecule has 0 radical (unpaired) electrons. The molecule has 9 heteroatoms. The monoisotopic (exact) mass is 424 g/mol. The van der Waals surface area contributed by atoms with Gasteiger partial charge in [-0.3, -0.25) is 14.5 Å². The molecule has 0 unspecified atom stereocenters. The summed E-state index contributed by atoms with van der Waals surface area (Å²) in [5, 5.41) is 11.7. The number of benzene rings is 1. The number of rotatable bonds is 7. The minimum absolute atomic E-state index is 0.0494. The molecule has 2 aromatic heterocycles. The molecule has 1 saturated heterocycles. The number of H-pyrrole nitrogens is 1. The second-order valence-electron chi connectivity index (χ2n) is 7.70. The van der Waals surface area contributed by atoms with E-state index < -0.39 is 0 Å². The molecule has 1 N–H and O–H groups in total. The Morgan fingerprint density at radius 2 is 1.97 bits per heavy atom. The van der Waals surface area contributed by atoms with Gasteiger partial charge in [0.2, 0.25) is 0 Å². The molecule has 3 heterocycles. The third kappa shape index (κ3) is 4.32. The van der Waals surface area contributed by atoms with E-state index >= 15 is 0 Å². The lowest BCUT2D eigenvalue weighted by molar-refractivity contribution is 0.0704. The van der Waals surface area contributed by atoms with Crippen molar-refractivity contribution in [3.8, 4) is 11.3 Å². The van der Waals surface area contributed by atoms with E-state index in [1.54, 1.807) is 17.7 Å². The molecule has 1 aliphatic heterocycles. The van der Waals surface area contributed by atoms with Gasteiger partial charge in [0, 0.05) is 38.2 Å². The van der Waals surface area contributed by atoms with Crippen molar-refractivity contribution in [1.29, 1.82) is 0 Å². The third-order valence-corrected chi connectivity index (χ3v) is 5.80. The Bertz CT molecular complexity index is 1080. The number of piperidine rings is 1. The van der Waals surface area contributed by atoms with Crippen LogP contribution in [0.25, 0.3) is 11.3 Å². The Kier molecular flexibility index (Phi) is 6.31. The van der Waals surface area contributed by atoms with E-state index in [1.807, 2.05) is 42.2 Å². The SMILES string of the molecule is CCn1c(C2CCN(C(=O)c3cc(-c4ccccc4)n[nH]3)CC2)nn(CCOC)c1=O. The summed E-state index contributed by atoms with van der Waals surface area (Å²) >= 11 is 0. The fourth-order valence-corrected chi connectivity index (χ4v) is 4.08. The number of aromatic amines is 1. The van der Waals surface area contributed by atoms with Crippen LogP contribution in [-0.4, -0.2) is 62.2 Å². The molecule has 1 aliphatic rings. The van der Waals surface area contributed by atoms with E-state index in [1.165, 1.54) is 4.68 Å². The first-order chi connectivity index (χ1) is 15.1. The van der Waals surface area contributed by atoms with Crippen molar-refractivity contribution in [2.24, 2.45) is 0 Å². The lowest BCUT2D eigenvalue weighted by Crippen LogP contribution is -2.38. The molecule has 0 bridgehead atoms. The van der Waals surface area contributed by atoms with E-state index in [2.05, 4.69) is 15.3 Å². The zero-order chi connectivity index (χ0) is 21.8. The first-order valence-corrected chi connectivity index (χ1v) is 10.7. The highest BCUT2D eigenvalue weighted by molar-refractivity contribution is 5.93. The largest absolute Gasteiger partial charge is 0.383 e. The topological polar surface area (TPSA) is 98.0 Å². The molecule has 9 nitrogen and oxygen atoms in total. The maximum absolute atomic E-state index is 13.0. The Balaban J connectivity index is 1.43. The van der Waals surface area contributed by atoms with E-state index in [0.717, 1.165) is 29.9 Å². The van der Waals surface area contributed by atoms with Gasteiger partial charge >= 0.3 is 5.69 Å². The van der Waals surface area contributed by atoms with Crippen LogP contribution < -0.4 is 5.69 Å². The molecule has 0 atom stereocenters. The number of hydrogen-bond acceptors (Lipinski definition) is 5. The van der Waals surface area contributed by atoms with Crippen LogP contribution in [0.4, 0.5) is 0 Å². The molecule has 3 aromatic rings. The van der Waals surface area contributed by atoms with Gasteiger partial charge in [-0.25, -0.2) is 9.48 Å². The lowest BCUT2D eigenvalue weighted by Gasteiger charge is -2.31. The Hall–Kier alpha value is -3.20. The van der Waals surface area contributed by atoms with Gasteiger partial charge in [0.25, 0.3) is 5.91 Å². The minimum Gasteiger partial charge on any atom is -0.383 e. The third-order valence-electron chi connectivity index (χ3n) is 5.80. The summed E-state index contributed by atoms with van der Waals surface area (Å²) in [7, 11) is 1.61. The van der Waals surface area contributed by atoms with Crippen LogP contribution in [-0.2, 0) is 17.8 Å². The van der Waals surface area contributed by atoms with Crippen LogP contribution in [0.2, 0.25) is 0 Å². The van der Waals surface area contributed by atoms with Gasteiger partial charge in [0.1, 0.15) is 11.5 Å². The van der Waals surface area contributed by atoms with Crippen molar-refractivity contribution in [3.05, 3.63) is 58.4 Å². The first-order valence-electron chi connectivity index (χ1n) is 10.7. The Labute approximate surface area is 180 Å². The minimum atomic E-state index is -0.0982. The number of likely N-dealkylation sites (tertiary alicyclic amines) is 1. The summed E-state index contributed by atoms with van der Waals surface area (Å²) in [4.78, 5) is 27.4. The predicted molar refractivity (Wildman–Crippen MR) is 116 cm³/mol. The van der Waals surface area contributed by atoms with Gasteiger partial charge in [-0.15, -0.1) is 0 Å². The van der Waals surface area contributed by atoms with Gasteiger partial charge in [-0.2, -0.15) is 10.2 Å². The number of methoxy groups -OCH3 is 1. The van der Waals surface area contributed by atoms with Crippen molar-refractivity contribution in [2.45, 2.75) is 38.8 Å². The Morgan fingerprint density at radius 1 is 1.23 bits per heavy atom. The average molecular weight is 425 g/mol. The number of nitrogens with zero attached hydrogens (tertiary/aromatic N) is 5. The summed E-state index contributed by atoms with van der Waals surface area (Å²) < 4.78 is 8.30. The number of carbonyl (C=O) groups is 1. The maximum atomic E-state index is 13.0. The smallest absolute Gasteiger partial charge is 0.345 e. The Morgan fingerprint density at radius 3 is 2.65 bits per heavy atom. The number of nitrogens with one attached hydrogen (secondary N) is 1. The zero-order valence-electron chi connectivity index (χ0n) is 18.0. The molecular weight excluding hydrogens is 396 g/mol. The van der Waals surface area contributed by atoms with Gasteiger partial charge < -0.3 is 9.64 Å². The predicted octanol–water partition coefficient (Wildman–Crippen LogP) is 2.12. The standard InChI is InChI=1S/C22H28N6O3/c1-3-27-20(25-28(22(27)30)13-14-31-2)17-9-11-26(12-10-17)21(29)19-15-18(23-24-19)16-7-5-4-6-8-16/h4-8,15,17H,3,9-14H2,1-2H3,(H,23,24). The maximum Gasteiger partial charge on any atom is 0.345 e. The molecule has 1 amide bonds. The highest BCUT2D eigenvalue weighted by atomic mass is 16.5. The van der Waals surface area contributed by atoms with Gasteiger partial charge in [0.05, 0.1) is 18.8 Å². The fourth-order valence-electron chi connectivity index (χ4n) is 4.08. The van der Waals surface area contributed by atoms with Crippen molar-refractivity contribution < 1.29 is 9.53 Å². The van der Waals surface area contributed by atoms with Crippen LogP contribution >= 0.6 is 0 Å². The first kappa shape index (κ1) is 21.0. The number of ether oxygens (including phenoxy) is 1. The number of carbonyl (C=O) groups excluding carboxylic acids is 1. The van der Waals surface area contributed by atoms with Crippen molar-refractivity contribution >= 4 is 5.91 Å². The van der Waals surface area contributed by atoms with Crippen LogP contribution in [0, 0.1) is 0 Å². The normalized spacial score (nSPS) is 14.8. The molecular formula is C22H28N6O3. The van der Waals surface area contributed by atoms with E-state index in [0.29, 0.717) is 38.5 Å². The quantitative estimate of drug-likeness (QED) is 0.627. The molecule has 164 valence electrons. The van der Waals surface area contributed by atoms with Gasteiger partial charge in [0.15, 0.2) is 0 Å². The number of aromatic nitrogens is 5. The van der Waals surface area contributed by atoms with Crippen molar-refractivity contribution in [1.82, 2.24) is 29.4 Å². The molecule has 0 saturated carbocycles. The molecule has 4 rings (SSSR count). The highest BCUT2D eigenvalue weighted by Gasteiger charge is 2.29. The molecule has 0 aliphatic carbocycles. The summed E-state index contributed by atoms with van der Waals surface area (Å²) in [6, 6.07) is 11.6. The van der Waals surface area contributed by atoms with Gasteiger partial charge in [-0.1, -0.05) is 30.3 Å². The van der Waals surface area contributed by atoms with Crippen molar-refractivity contribution in [2.75, 3.05) is 26.8 Å². The summed E-state index contributed by atoms with van der Waals surface area (Å²) in [6.07, 6.45) is 1.54. The van der Waals surface area contributed by atoms with Crippen LogP contribution in [0.15, 0.2) is 41.2 Å². The summed E-state index contributed by atoms with van der Waals surface area (Å²) in [5.74, 6) is 0.914. The lowest BCUT2D eigenvalue weighted by atomic mass is 9.95. The second kappa shape index (κ2) is 9.30. The van der Waals surface area contributed by atoms with Crippen LogP contribution in [0.5, 0.6) is 0 Å². The molecule has 0 spiro atoms. The van der Waals surface area contributed by atoms with Crippen molar-refractivity contribution in [3.63, 3.8) is 0 Å². The highest BCUT2D eigenvalue weighted by Crippen LogP contribution is 2.27. The van der Waals surface area contributed by atoms with Gasteiger partial charge in [-0.05, 0) is 25.8 Å². The molecule has 1 fully saturated rings. The van der Waals surface area contributed by atoms with Crippen LogP contribution in [0.1, 0.15) is 42.0 Å². The zero-order valence-corrected chi connectivity index (χ0v) is 18.0. The van der Waals surface area contributed by atoms with E-state index in [-0.39, 0.29) is 17.5 Å². The second-order valence-corrected chi connectivity index (χ2v) is 7.70. The summed E-state index contributed by atoms with van der Waals surface area (Å²) in [6.45, 7) is 4.65. The van der Waals surface area contributed by atoms with E-state index in [9.17, 15) is 9.59 Å². The number of amides is 1. The average Bonchev–Trinajstić information content (AvgIpc) is 3.43. The van der Waals surface area contributed by atoms with E-state index in [4.69, 9.17) is 4.74 Å².